The summed E-state index contributed by atoms with van der Waals surface area (Å²) in [6.45, 7) is 0. The predicted molar refractivity (Wildman–Crippen MR) is 72.5 cm³/mol. The van der Waals surface area contributed by atoms with Gasteiger partial charge in [-0.25, -0.2) is 4.79 Å². The number of ether oxygens (including phenoxy) is 1. The minimum Gasteiger partial charge on any atom is -0.421 e. The first kappa shape index (κ1) is 11.7. The highest BCUT2D eigenvalue weighted by molar-refractivity contribution is 6.30. The fourth-order valence-electron chi connectivity index (χ4n) is 1.87. The standard InChI is InChI=1S/C14H9ClN2O2/c15-9-6-10(8-16-7-9)19-14(18)12-2-1-3-13-11(12)4-5-17-13/h1-8,17H. The number of pyridine rings is 1. The van der Waals surface area contributed by atoms with Gasteiger partial charge in [0, 0.05) is 29.4 Å². The number of H-pyrrole nitrogens is 1. The van der Waals surface area contributed by atoms with E-state index < -0.39 is 5.97 Å². The average Bonchev–Trinajstić information content (AvgIpc) is 2.86. The zero-order valence-corrected chi connectivity index (χ0v) is 10.5. The lowest BCUT2D eigenvalue weighted by atomic mass is 10.1. The second kappa shape index (κ2) is 4.74. The first-order valence-electron chi connectivity index (χ1n) is 5.63. The topological polar surface area (TPSA) is 55.0 Å². The van der Waals surface area contributed by atoms with Crippen molar-refractivity contribution in [1.29, 1.82) is 0 Å². The van der Waals surface area contributed by atoms with Crippen LogP contribution in [0.1, 0.15) is 10.4 Å². The van der Waals surface area contributed by atoms with Crippen molar-refractivity contribution in [3.8, 4) is 5.75 Å². The van der Waals surface area contributed by atoms with E-state index in [1.165, 1.54) is 12.4 Å². The minimum atomic E-state index is -0.436. The van der Waals surface area contributed by atoms with Gasteiger partial charge in [0.25, 0.3) is 0 Å². The number of hydrogen-bond acceptors (Lipinski definition) is 3. The molecule has 2 aromatic heterocycles. The molecule has 19 heavy (non-hydrogen) atoms. The Labute approximate surface area is 114 Å². The number of hydrogen-bond donors (Lipinski definition) is 1. The van der Waals surface area contributed by atoms with E-state index >= 15 is 0 Å². The molecule has 0 unspecified atom stereocenters. The van der Waals surface area contributed by atoms with Gasteiger partial charge in [0.15, 0.2) is 5.75 Å². The van der Waals surface area contributed by atoms with Crippen LogP contribution >= 0.6 is 11.6 Å². The molecular formula is C14H9ClN2O2. The second-order valence-corrected chi connectivity index (χ2v) is 4.41. The molecule has 0 bridgehead atoms. The second-order valence-electron chi connectivity index (χ2n) is 3.97. The molecule has 0 atom stereocenters. The van der Waals surface area contributed by atoms with Crippen molar-refractivity contribution >= 4 is 28.5 Å². The molecule has 94 valence electrons. The number of carbonyl (C=O) groups excluding carboxylic acids is 1. The zero-order valence-electron chi connectivity index (χ0n) is 9.76. The van der Waals surface area contributed by atoms with Gasteiger partial charge in [-0.1, -0.05) is 17.7 Å². The number of esters is 1. The van der Waals surface area contributed by atoms with Crippen molar-refractivity contribution < 1.29 is 9.53 Å². The van der Waals surface area contributed by atoms with Crippen LogP contribution in [0.25, 0.3) is 10.9 Å². The van der Waals surface area contributed by atoms with Crippen LogP contribution in [0.15, 0.2) is 48.9 Å². The van der Waals surface area contributed by atoms with E-state index in [0.717, 1.165) is 10.9 Å². The molecule has 0 amide bonds. The highest BCUT2D eigenvalue weighted by atomic mass is 35.5. The van der Waals surface area contributed by atoms with Gasteiger partial charge in [0.1, 0.15) is 0 Å². The van der Waals surface area contributed by atoms with Gasteiger partial charge in [0.2, 0.25) is 0 Å². The van der Waals surface area contributed by atoms with Crippen LogP contribution in [0, 0.1) is 0 Å². The Morgan fingerprint density at radius 3 is 3.00 bits per heavy atom. The Balaban J connectivity index is 1.94. The zero-order chi connectivity index (χ0) is 13.2. The summed E-state index contributed by atoms with van der Waals surface area (Å²) >= 11 is 5.79. The van der Waals surface area contributed by atoms with E-state index in [0.29, 0.717) is 16.3 Å². The number of nitrogens with zero attached hydrogens (tertiary/aromatic N) is 1. The predicted octanol–water partition coefficient (Wildman–Crippen LogP) is 3.44. The molecule has 4 nitrogen and oxygen atoms in total. The highest BCUT2D eigenvalue weighted by Crippen LogP contribution is 2.21. The number of benzene rings is 1. The number of fused-ring (bicyclic) bond motifs is 1. The summed E-state index contributed by atoms with van der Waals surface area (Å²) in [6.07, 6.45) is 4.70. The summed E-state index contributed by atoms with van der Waals surface area (Å²) in [5, 5.41) is 1.24. The highest BCUT2D eigenvalue weighted by Gasteiger charge is 2.13. The first-order valence-corrected chi connectivity index (χ1v) is 6.01. The van der Waals surface area contributed by atoms with Crippen molar-refractivity contribution in [2.24, 2.45) is 0 Å². The summed E-state index contributed by atoms with van der Waals surface area (Å²) in [6, 6.07) is 8.79. The summed E-state index contributed by atoms with van der Waals surface area (Å²) in [4.78, 5) is 19.0. The van der Waals surface area contributed by atoms with Crippen LogP contribution in [-0.2, 0) is 0 Å². The number of aromatic nitrogens is 2. The molecule has 0 saturated heterocycles. The van der Waals surface area contributed by atoms with Crippen molar-refractivity contribution in [1.82, 2.24) is 9.97 Å². The van der Waals surface area contributed by atoms with Crippen LogP contribution < -0.4 is 4.74 Å². The lowest BCUT2D eigenvalue weighted by Crippen LogP contribution is -2.08. The summed E-state index contributed by atoms with van der Waals surface area (Å²) in [7, 11) is 0. The lowest BCUT2D eigenvalue weighted by molar-refractivity contribution is 0.0736. The molecule has 0 aliphatic rings. The van der Waals surface area contributed by atoms with E-state index in [-0.39, 0.29) is 0 Å². The normalized spacial score (nSPS) is 10.6. The van der Waals surface area contributed by atoms with Gasteiger partial charge < -0.3 is 9.72 Å². The SMILES string of the molecule is O=C(Oc1cncc(Cl)c1)c1cccc2[nH]ccc12. The molecule has 0 radical (unpaired) electrons. The molecule has 2 heterocycles. The van der Waals surface area contributed by atoms with Crippen LogP contribution in [-0.4, -0.2) is 15.9 Å². The fraction of sp³-hybridized carbons (Fsp3) is 0. The van der Waals surface area contributed by atoms with Crippen molar-refractivity contribution in [3.05, 3.63) is 59.5 Å². The van der Waals surface area contributed by atoms with Crippen LogP contribution in [0.3, 0.4) is 0 Å². The summed E-state index contributed by atoms with van der Waals surface area (Å²) in [5.74, 6) is -0.112. The largest absolute Gasteiger partial charge is 0.421 e. The van der Waals surface area contributed by atoms with Gasteiger partial charge in [-0.05, 0) is 18.2 Å². The third-order valence-electron chi connectivity index (χ3n) is 2.71. The van der Waals surface area contributed by atoms with Crippen LogP contribution in [0.5, 0.6) is 5.75 Å². The Bertz CT molecular complexity index is 752. The lowest BCUT2D eigenvalue weighted by Gasteiger charge is -2.05. The van der Waals surface area contributed by atoms with Gasteiger partial charge in [-0.3, -0.25) is 4.98 Å². The number of carbonyl (C=O) groups is 1. The molecule has 3 aromatic rings. The number of aromatic amines is 1. The van der Waals surface area contributed by atoms with E-state index in [9.17, 15) is 4.79 Å². The van der Waals surface area contributed by atoms with Crippen molar-refractivity contribution in [2.45, 2.75) is 0 Å². The summed E-state index contributed by atoms with van der Waals surface area (Å²) in [5.41, 5.74) is 1.39. The van der Waals surface area contributed by atoms with Gasteiger partial charge in [0.05, 0.1) is 16.8 Å². The number of nitrogens with one attached hydrogen (secondary N) is 1. The van der Waals surface area contributed by atoms with E-state index in [1.807, 2.05) is 12.1 Å². The quantitative estimate of drug-likeness (QED) is 0.727. The molecule has 0 fully saturated rings. The number of halogens is 1. The first-order chi connectivity index (χ1) is 9.24. The molecule has 5 heteroatoms. The molecule has 1 aromatic carbocycles. The van der Waals surface area contributed by atoms with Crippen molar-refractivity contribution in [2.75, 3.05) is 0 Å². The maximum atomic E-state index is 12.1. The molecular weight excluding hydrogens is 264 g/mol. The van der Waals surface area contributed by atoms with E-state index in [2.05, 4.69) is 9.97 Å². The Morgan fingerprint density at radius 2 is 2.16 bits per heavy atom. The molecule has 1 N–H and O–H groups in total. The Kier molecular flexibility index (Phi) is 2.93. The monoisotopic (exact) mass is 272 g/mol. The third kappa shape index (κ3) is 2.30. The van der Waals surface area contributed by atoms with Crippen LogP contribution in [0.2, 0.25) is 5.02 Å². The van der Waals surface area contributed by atoms with Gasteiger partial charge >= 0.3 is 5.97 Å². The average molecular weight is 273 g/mol. The minimum absolute atomic E-state index is 0.324. The molecule has 3 rings (SSSR count). The van der Waals surface area contributed by atoms with Gasteiger partial charge in [-0.2, -0.15) is 0 Å². The summed E-state index contributed by atoms with van der Waals surface area (Å²) < 4.78 is 5.26. The molecule has 0 aliphatic heterocycles. The van der Waals surface area contributed by atoms with E-state index in [4.69, 9.17) is 16.3 Å². The fourth-order valence-corrected chi connectivity index (χ4v) is 2.04. The maximum Gasteiger partial charge on any atom is 0.344 e. The molecule has 0 aliphatic carbocycles. The smallest absolute Gasteiger partial charge is 0.344 e. The molecule has 0 saturated carbocycles. The Morgan fingerprint density at radius 1 is 1.26 bits per heavy atom. The number of rotatable bonds is 2. The van der Waals surface area contributed by atoms with Crippen molar-refractivity contribution in [3.63, 3.8) is 0 Å². The third-order valence-corrected chi connectivity index (χ3v) is 2.91. The van der Waals surface area contributed by atoms with Gasteiger partial charge in [-0.15, -0.1) is 0 Å². The van der Waals surface area contributed by atoms with E-state index in [1.54, 1.807) is 24.4 Å². The van der Waals surface area contributed by atoms with Crippen LogP contribution in [0.4, 0.5) is 0 Å². The Hall–Kier alpha value is -2.33. The molecule has 0 spiro atoms. The maximum absolute atomic E-state index is 12.1.